The van der Waals surface area contributed by atoms with Crippen molar-refractivity contribution < 1.29 is 0 Å². The summed E-state index contributed by atoms with van der Waals surface area (Å²) in [6.07, 6.45) is 0. The van der Waals surface area contributed by atoms with Crippen LogP contribution in [0.15, 0.2) is 64.5 Å². The third kappa shape index (κ3) is 3.24. The molecule has 3 rings (SSSR count). The van der Waals surface area contributed by atoms with Gasteiger partial charge in [0.25, 0.3) is 0 Å². The fourth-order valence-electron chi connectivity index (χ4n) is 2.25. The smallest absolute Gasteiger partial charge is 0.0980 e. The molecule has 0 aliphatic carbocycles. The van der Waals surface area contributed by atoms with Crippen LogP contribution in [-0.2, 0) is 0 Å². The zero-order valence-electron chi connectivity index (χ0n) is 12.6. The van der Waals surface area contributed by atoms with Crippen molar-refractivity contribution in [2.75, 3.05) is 5.32 Å². The summed E-state index contributed by atoms with van der Waals surface area (Å²) in [6.45, 7) is 6.55. The molecule has 1 aliphatic rings. The lowest BCUT2D eigenvalue weighted by Crippen LogP contribution is -2.35. The predicted octanol–water partition coefficient (Wildman–Crippen LogP) is 4.92. The molecule has 0 amide bonds. The van der Waals surface area contributed by atoms with Crippen LogP contribution in [0.1, 0.15) is 26.3 Å². The monoisotopic (exact) mass is 296 g/mol. The van der Waals surface area contributed by atoms with E-state index < -0.39 is 0 Å². The van der Waals surface area contributed by atoms with E-state index in [1.807, 2.05) is 6.07 Å². The van der Waals surface area contributed by atoms with Gasteiger partial charge in [-0.25, -0.2) is 0 Å². The van der Waals surface area contributed by atoms with E-state index in [2.05, 4.69) is 79.9 Å². The number of benzene rings is 2. The molecule has 0 saturated carbocycles. The van der Waals surface area contributed by atoms with Crippen LogP contribution in [0.25, 0.3) is 5.70 Å². The van der Waals surface area contributed by atoms with Crippen molar-refractivity contribution in [3.05, 3.63) is 65.2 Å². The molecule has 1 heterocycles. The molecule has 21 heavy (non-hydrogen) atoms. The van der Waals surface area contributed by atoms with Gasteiger partial charge in [0.1, 0.15) is 0 Å². The summed E-state index contributed by atoms with van der Waals surface area (Å²) in [5.41, 5.74) is 3.54. The highest BCUT2D eigenvalue weighted by molar-refractivity contribution is 8.03. The van der Waals surface area contributed by atoms with Gasteiger partial charge < -0.3 is 10.6 Å². The van der Waals surface area contributed by atoms with Crippen LogP contribution in [0.3, 0.4) is 0 Å². The number of anilines is 1. The summed E-state index contributed by atoms with van der Waals surface area (Å²) >= 11 is 1.79. The first kappa shape index (κ1) is 14.1. The van der Waals surface area contributed by atoms with Crippen molar-refractivity contribution in [1.82, 2.24) is 5.32 Å². The Hall–Kier alpha value is -1.87. The largest absolute Gasteiger partial charge is 0.373 e. The van der Waals surface area contributed by atoms with Gasteiger partial charge in [-0.2, -0.15) is 0 Å². The maximum absolute atomic E-state index is 3.63. The molecular weight excluding hydrogens is 276 g/mol. The molecule has 0 bridgehead atoms. The minimum Gasteiger partial charge on any atom is -0.373 e. The van der Waals surface area contributed by atoms with Gasteiger partial charge in [-0.05, 0) is 32.9 Å². The van der Waals surface area contributed by atoms with Gasteiger partial charge in [-0.1, -0.05) is 54.2 Å². The van der Waals surface area contributed by atoms with Gasteiger partial charge in [0.15, 0.2) is 0 Å². The van der Waals surface area contributed by atoms with E-state index in [1.54, 1.807) is 11.8 Å². The van der Waals surface area contributed by atoms with Gasteiger partial charge in [0.2, 0.25) is 0 Å². The van der Waals surface area contributed by atoms with Crippen LogP contribution in [0.5, 0.6) is 0 Å². The summed E-state index contributed by atoms with van der Waals surface area (Å²) in [7, 11) is 0. The number of fused-ring (bicyclic) bond motifs is 1. The quantitative estimate of drug-likeness (QED) is 0.822. The third-order valence-corrected chi connectivity index (χ3v) is 4.22. The topological polar surface area (TPSA) is 24.1 Å². The molecule has 2 nitrogen and oxygen atoms in total. The lowest BCUT2D eigenvalue weighted by atomic mass is 10.1. The highest BCUT2D eigenvalue weighted by atomic mass is 32.2. The summed E-state index contributed by atoms with van der Waals surface area (Å²) in [5, 5.41) is 8.38. The Morgan fingerprint density at radius 3 is 2.29 bits per heavy atom. The lowest BCUT2D eigenvalue weighted by Gasteiger charge is -2.30. The number of thioether (sulfide) groups is 1. The number of rotatable bonds is 2. The van der Waals surface area contributed by atoms with Crippen LogP contribution in [-0.4, -0.2) is 5.54 Å². The van der Waals surface area contributed by atoms with E-state index in [9.17, 15) is 0 Å². The molecule has 0 fully saturated rings. The fraction of sp³-hybridized carbons (Fsp3) is 0.222. The summed E-state index contributed by atoms with van der Waals surface area (Å²) in [5.74, 6) is 0. The summed E-state index contributed by atoms with van der Waals surface area (Å²) in [6, 6.07) is 18.9. The van der Waals surface area contributed by atoms with E-state index in [1.165, 1.54) is 21.2 Å². The minimum atomic E-state index is 0.0241. The predicted molar refractivity (Wildman–Crippen MR) is 92.2 cm³/mol. The Kier molecular flexibility index (Phi) is 3.68. The summed E-state index contributed by atoms with van der Waals surface area (Å²) in [4.78, 5) is 1.25. The van der Waals surface area contributed by atoms with E-state index in [-0.39, 0.29) is 5.54 Å². The van der Waals surface area contributed by atoms with Gasteiger partial charge in [-0.3, -0.25) is 0 Å². The highest BCUT2D eigenvalue weighted by Crippen LogP contribution is 2.41. The summed E-state index contributed by atoms with van der Waals surface area (Å²) < 4.78 is 0. The Morgan fingerprint density at radius 2 is 1.57 bits per heavy atom. The van der Waals surface area contributed by atoms with Gasteiger partial charge in [0.05, 0.1) is 16.4 Å². The van der Waals surface area contributed by atoms with Crippen molar-refractivity contribution >= 4 is 23.1 Å². The molecule has 2 aromatic carbocycles. The van der Waals surface area contributed by atoms with Crippen LogP contribution in [0, 0.1) is 0 Å². The highest BCUT2D eigenvalue weighted by Gasteiger charge is 2.22. The molecule has 0 unspecified atom stereocenters. The maximum atomic E-state index is 3.63. The molecule has 0 aromatic heterocycles. The minimum absolute atomic E-state index is 0.0241. The SMILES string of the molecule is CC(C)(C)NC1=C(c2ccccc2)Nc2ccccc2S1. The molecule has 0 atom stereocenters. The number of nitrogens with one attached hydrogen (secondary N) is 2. The van der Waals surface area contributed by atoms with Crippen molar-refractivity contribution in [3.8, 4) is 0 Å². The van der Waals surface area contributed by atoms with Crippen molar-refractivity contribution in [2.24, 2.45) is 0 Å². The maximum Gasteiger partial charge on any atom is 0.0980 e. The molecule has 2 aromatic rings. The second kappa shape index (κ2) is 5.49. The number of para-hydroxylation sites is 1. The number of hydrogen-bond donors (Lipinski definition) is 2. The van der Waals surface area contributed by atoms with Gasteiger partial charge in [-0.15, -0.1) is 0 Å². The van der Waals surface area contributed by atoms with Crippen molar-refractivity contribution in [3.63, 3.8) is 0 Å². The van der Waals surface area contributed by atoms with Crippen molar-refractivity contribution in [1.29, 1.82) is 0 Å². The molecule has 2 N–H and O–H groups in total. The first-order valence-corrected chi connectivity index (χ1v) is 7.96. The van der Waals surface area contributed by atoms with Gasteiger partial charge in [0, 0.05) is 16.0 Å². The first-order valence-electron chi connectivity index (χ1n) is 7.15. The zero-order valence-corrected chi connectivity index (χ0v) is 13.4. The van der Waals surface area contributed by atoms with Crippen LogP contribution in [0.4, 0.5) is 5.69 Å². The van der Waals surface area contributed by atoms with E-state index in [0.29, 0.717) is 0 Å². The molecule has 3 heteroatoms. The third-order valence-electron chi connectivity index (χ3n) is 3.14. The fourth-order valence-corrected chi connectivity index (χ4v) is 3.47. The molecule has 0 saturated heterocycles. The normalized spacial score (nSPS) is 14.4. The Morgan fingerprint density at radius 1 is 0.905 bits per heavy atom. The van der Waals surface area contributed by atoms with Crippen LogP contribution in [0.2, 0.25) is 0 Å². The van der Waals surface area contributed by atoms with Crippen LogP contribution >= 0.6 is 11.8 Å². The average Bonchev–Trinajstić information content (AvgIpc) is 2.46. The molecular formula is C18H20N2S. The van der Waals surface area contributed by atoms with Crippen molar-refractivity contribution in [2.45, 2.75) is 31.2 Å². The Bertz CT molecular complexity index is 669. The number of hydrogen-bond acceptors (Lipinski definition) is 3. The zero-order chi connectivity index (χ0) is 14.9. The molecule has 108 valence electrons. The van der Waals surface area contributed by atoms with Gasteiger partial charge >= 0.3 is 0 Å². The van der Waals surface area contributed by atoms with E-state index in [0.717, 1.165) is 5.70 Å². The molecule has 0 radical (unpaired) electrons. The van der Waals surface area contributed by atoms with E-state index >= 15 is 0 Å². The Balaban J connectivity index is 2.05. The standard InChI is InChI=1S/C18H20N2S/c1-18(2,3)20-17-16(13-9-5-4-6-10-13)19-14-11-7-8-12-15(14)21-17/h4-12,19-20H,1-3H3. The average molecular weight is 296 g/mol. The van der Waals surface area contributed by atoms with E-state index in [4.69, 9.17) is 0 Å². The molecule has 0 spiro atoms. The Labute approximate surface area is 130 Å². The lowest BCUT2D eigenvalue weighted by molar-refractivity contribution is 0.487. The second-order valence-electron chi connectivity index (χ2n) is 6.17. The van der Waals surface area contributed by atoms with Crippen LogP contribution < -0.4 is 10.6 Å². The molecule has 1 aliphatic heterocycles. The second-order valence-corrected chi connectivity index (χ2v) is 7.22. The first-order chi connectivity index (χ1) is 10.0.